The lowest BCUT2D eigenvalue weighted by Crippen LogP contribution is -2.40. The smallest absolute Gasteiger partial charge is 0.163 e. The van der Waals surface area contributed by atoms with Crippen molar-refractivity contribution < 1.29 is 9.47 Å². The highest BCUT2D eigenvalue weighted by atomic mass is 16.5. The summed E-state index contributed by atoms with van der Waals surface area (Å²) in [5.74, 6) is 2.33. The number of piperidine rings is 1. The minimum atomic E-state index is 0.404. The van der Waals surface area contributed by atoms with E-state index in [1.807, 2.05) is 24.3 Å². The number of methoxy groups -OCH3 is 1. The normalized spacial score (nSPS) is 18.3. The highest BCUT2D eigenvalue weighted by Crippen LogP contribution is 2.35. The van der Waals surface area contributed by atoms with Crippen molar-refractivity contribution in [3.63, 3.8) is 0 Å². The van der Waals surface area contributed by atoms with Gasteiger partial charge in [-0.25, -0.2) is 15.3 Å². The highest BCUT2D eigenvalue weighted by Gasteiger charge is 2.23. The maximum absolute atomic E-state index is 9.10. The fourth-order valence-corrected chi connectivity index (χ4v) is 5.07. The Morgan fingerprint density at radius 3 is 2.63 bits per heavy atom. The predicted octanol–water partition coefficient (Wildman–Crippen LogP) is 3.76. The Morgan fingerprint density at radius 2 is 1.86 bits per heavy atom. The molecule has 2 fully saturated rings. The molecular formula is C27H31N6O2. The number of ether oxygens (including phenoxy) is 2. The third kappa shape index (κ3) is 5.10. The summed E-state index contributed by atoms with van der Waals surface area (Å²) in [4.78, 5) is 13.8. The lowest BCUT2D eigenvalue weighted by atomic mass is 9.98. The van der Waals surface area contributed by atoms with Gasteiger partial charge in [-0.15, -0.1) is 0 Å². The van der Waals surface area contributed by atoms with E-state index in [0.717, 1.165) is 62.3 Å². The Labute approximate surface area is 206 Å². The summed E-state index contributed by atoms with van der Waals surface area (Å²) in [6.07, 6.45) is 6.07. The molecule has 2 aliphatic rings. The van der Waals surface area contributed by atoms with Crippen molar-refractivity contribution in [2.24, 2.45) is 0 Å². The number of hydrogen-bond donors (Lipinski definition) is 0. The number of fused-ring (bicyclic) bond motifs is 1. The molecule has 0 saturated carbocycles. The van der Waals surface area contributed by atoms with Crippen LogP contribution >= 0.6 is 0 Å². The van der Waals surface area contributed by atoms with Gasteiger partial charge in [0.15, 0.2) is 11.5 Å². The van der Waals surface area contributed by atoms with Crippen LogP contribution in [0.15, 0.2) is 42.7 Å². The van der Waals surface area contributed by atoms with Crippen molar-refractivity contribution in [2.75, 3.05) is 56.2 Å². The van der Waals surface area contributed by atoms with Gasteiger partial charge >= 0.3 is 0 Å². The summed E-state index contributed by atoms with van der Waals surface area (Å²) >= 11 is 0. The van der Waals surface area contributed by atoms with Gasteiger partial charge in [0.25, 0.3) is 0 Å². The minimum Gasteiger partial charge on any atom is -0.493 e. The first kappa shape index (κ1) is 23.2. The van der Waals surface area contributed by atoms with E-state index in [1.165, 1.54) is 18.5 Å². The van der Waals surface area contributed by atoms with E-state index in [-0.39, 0.29) is 0 Å². The molecule has 2 aromatic carbocycles. The third-order valence-corrected chi connectivity index (χ3v) is 6.92. The van der Waals surface area contributed by atoms with Crippen LogP contribution in [0.4, 0.5) is 11.5 Å². The summed E-state index contributed by atoms with van der Waals surface area (Å²) in [6.45, 7) is 4.99. The molecule has 2 aliphatic heterocycles. The van der Waals surface area contributed by atoms with Crippen molar-refractivity contribution in [1.29, 1.82) is 5.26 Å². The molecule has 8 heteroatoms. The van der Waals surface area contributed by atoms with Crippen LogP contribution < -0.4 is 24.6 Å². The molecule has 1 radical (unpaired) electrons. The highest BCUT2D eigenvalue weighted by molar-refractivity contribution is 5.92. The lowest BCUT2D eigenvalue weighted by Gasteiger charge is -2.37. The van der Waals surface area contributed by atoms with E-state index < -0.39 is 0 Å². The molecule has 0 amide bonds. The number of anilines is 2. The van der Waals surface area contributed by atoms with Gasteiger partial charge in [0, 0.05) is 62.3 Å². The van der Waals surface area contributed by atoms with Crippen molar-refractivity contribution in [1.82, 2.24) is 15.3 Å². The monoisotopic (exact) mass is 471 g/mol. The van der Waals surface area contributed by atoms with E-state index in [4.69, 9.17) is 14.7 Å². The van der Waals surface area contributed by atoms with Crippen molar-refractivity contribution in [2.45, 2.75) is 31.7 Å². The van der Waals surface area contributed by atoms with Gasteiger partial charge < -0.3 is 19.3 Å². The lowest BCUT2D eigenvalue weighted by molar-refractivity contribution is 0.268. The van der Waals surface area contributed by atoms with Gasteiger partial charge in [-0.1, -0.05) is 0 Å². The van der Waals surface area contributed by atoms with Crippen LogP contribution in [0.5, 0.6) is 11.5 Å². The Bertz CT molecular complexity index is 1190. The molecule has 0 spiro atoms. The largest absolute Gasteiger partial charge is 0.493 e. The first-order valence-electron chi connectivity index (χ1n) is 12.4. The first-order valence-corrected chi connectivity index (χ1v) is 12.4. The number of aromatic nitrogens is 2. The second-order valence-corrected chi connectivity index (χ2v) is 9.01. The molecule has 2 saturated heterocycles. The maximum atomic E-state index is 9.10. The molecule has 1 aromatic heterocycles. The molecular weight excluding hydrogens is 440 g/mol. The van der Waals surface area contributed by atoms with E-state index in [0.29, 0.717) is 29.7 Å². The van der Waals surface area contributed by atoms with Gasteiger partial charge in [0.05, 0.1) is 30.9 Å². The molecule has 3 aromatic rings. The average Bonchev–Trinajstić information content (AvgIpc) is 2.93. The van der Waals surface area contributed by atoms with Crippen LogP contribution in [0.1, 0.15) is 31.2 Å². The Hall–Kier alpha value is -3.57. The van der Waals surface area contributed by atoms with Gasteiger partial charge in [-0.05, 0) is 49.6 Å². The number of nitriles is 1. The van der Waals surface area contributed by atoms with E-state index >= 15 is 0 Å². The average molecular weight is 472 g/mol. The van der Waals surface area contributed by atoms with Crippen LogP contribution in [0, 0.1) is 11.3 Å². The molecule has 3 heterocycles. The van der Waals surface area contributed by atoms with Gasteiger partial charge in [-0.2, -0.15) is 5.26 Å². The number of piperazine rings is 1. The SMILES string of the molecule is COc1cc2c(N3CC[N]CC3)ncnc2cc1OCCC1CCCCN1c1ccc(C#N)cc1. The second kappa shape index (κ2) is 10.8. The zero-order valence-corrected chi connectivity index (χ0v) is 20.2. The zero-order valence-electron chi connectivity index (χ0n) is 20.2. The molecule has 0 N–H and O–H groups in total. The first-order chi connectivity index (χ1) is 17.3. The number of benzene rings is 2. The Morgan fingerprint density at radius 1 is 1.03 bits per heavy atom. The van der Waals surface area contributed by atoms with E-state index in [9.17, 15) is 0 Å². The summed E-state index contributed by atoms with van der Waals surface area (Å²) in [6, 6.07) is 14.5. The van der Waals surface area contributed by atoms with Gasteiger partial charge in [0.1, 0.15) is 12.1 Å². The van der Waals surface area contributed by atoms with Gasteiger partial charge in [0.2, 0.25) is 0 Å². The second-order valence-electron chi connectivity index (χ2n) is 9.01. The Balaban J connectivity index is 1.30. The molecule has 0 bridgehead atoms. The van der Waals surface area contributed by atoms with Gasteiger partial charge in [-0.3, -0.25) is 0 Å². The summed E-state index contributed by atoms with van der Waals surface area (Å²) < 4.78 is 12.0. The quantitative estimate of drug-likeness (QED) is 0.518. The van der Waals surface area contributed by atoms with Crippen molar-refractivity contribution >= 4 is 22.4 Å². The maximum Gasteiger partial charge on any atom is 0.163 e. The minimum absolute atomic E-state index is 0.404. The van der Waals surface area contributed by atoms with E-state index in [2.05, 4.69) is 43.3 Å². The molecule has 1 unspecified atom stereocenters. The summed E-state index contributed by atoms with van der Waals surface area (Å²) in [5.41, 5.74) is 2.72. The predicted molar refractivity (Wildman–Crippen MR) is 136 cm³/mol. The topological polar surface area (TPSA) is 88.6 Å². The fourth-order valence-electron chi connectivity index (χ4n) is 5.07. The van der Waals surface area contributed by atoms with Crippen LogP contribution in [0.3, 0.4) is 0 Å². The van der Waals surface area contributed by atoms with Crippen LogP contribution in [0.25, 0.3) is 10.9 Å². The standard InChI is InChI=1S/C27H31N6O2/c1-34-25-16-23-24(30-19-31-27(23)32-13-10-29-11-14-32)17-26(25)35-15-9-21-4-2-3-12-33(21)22-7-5-20(18-28)6-8-22/h5-8,16-17,19,21H,2-4,9-15H2,1H3. The number of nitrogens with zero attached hydrogens (tertiary/aromatic N) is 6. The number of hydrogen-bond acceptors (Lipinski definition) is 7. The zero-order chi connectivity index (χ0) is 24.0. The van der Waals surface area contributed by atoms with E-state index in [1.54, 1.807) is 13.4 Å². The molecule has 0 aliphatic carbocycles. The Kier molecular flexibility index (Phi) is 7.15. The van der Waals surface area contributed by atoms with Crippen LogP contribution in [-0.2, 0) is 0 Å². The van der Waals surface area contributed by atoms with Crippen molar-refractivity contribution in [3.8, 4) is 17.6 Å². The molecule has 8 nitrogen and oxygen atoms in total. The third-order valence-electron chi connectivity index (χ3n) is 6.92. The summed E-state index contributed by atoms with van der Waals surface area (Å²) in [7, 11) is 1.67. The van der Waals surface area contributed by atoms with Crippen LogP contribution in [0.2, 0.25) is 0 Å². The van der Waals surface area contributed by atoms with Crippen molar-refractivity contribution in [3.05, 3.63) is 48.3 Å². The molecule has 181 valence electrons. The fraction of sp³-hybridized carbons (Fsp3) is 0.444. The summed E-state index contributed by atoms with van der Waals surface area (Å²) in [5, 5.41) is 14.5. The molecule has 35 heavy (non-hydrogen) atoms. The molecule has 1 atom stereocenters. The van der Waals surface area contributed by atoms with Crippen LogP contribution in [-0.4, -0.2) is 62.5 Å². The molecule has 5 rings (SSSR count). The number of rotatable bonds is 7.